The van der Waals surface area contributed by atoms with Gasteiger partial charge in [-0.15, -0.1) is 0 Å². The first-order valence-corrected chi connectivity index (χ1v) is 8.02. The summed E-state index contributed by atoms with van der Waals surface area (Å²) in [4.78, 5) is 14.4. The molecule has 0 bridgehead atoms. The van der Waals surface area contributed by atoms with Gasteiger partial charge in [0.2, 0.25) is 5.91 Å². The summed E-state index contributed by atoms with van der Waals surface area (Å²) in [6.07, 6.45) is 7.05. The van der Waals surface area contributed by atoms with Crippen molar-refractivity contribution in [1.29, 1.82) is 0 Å². The van der Waals surface area contributed by atoms with Crippen LogP contribution in [0.2, 0.25) is 0 Å². The van der Waals surface area contributed by atoms with E-state index in [0.29, 0.717) is 11.8 Å². The van der Waals surface area contributed by atoms with E-state index in [9.17, 15) is 4.79 Å². The van der Waals surface area contributed by atoms with Crippen molar-refractivity contribution in [1.82, 2.24) is 4.90 Å². The minimum absolute atomic E-state index is 0.00666. The fraction of sp³-hybridized carbons (Fsp3) is 0.312. The van der Waals surface area contributed by atoms with Crippen LogP contribution >= 0.6 is 22.6 Å². The minimum Gasteiger partial charge on any atom is -0.467 e. The number of rotatable bonds is 5. The van der Waals surface area contributed by atoms with Gasteiger partial charge in [-0.3, -0.25) is 4.79 Å². The largest absolute Gasteiger partial charge is 0.467 e. The highest BCUT2D eigenvalue weighted by molar-refractivity contribution is 14.1. The van der Waals surface area contributed by atoms with Crippen molar-refractivity contribution in [2.45, 2.75) is 31.8 Å². The molecule has 0 aliphatic heterocycles. The lowest BCUT2D eigenvalue weighted by atomic mass is 10.2. The molecule has 0 aromatic carbocycles. The van der Waals surface area contributed by atoms with Crippen LogP contribution in [0, 0.1) is 3.77 Å². The Balaban J connectivity index is 1.74. The third-order valence-electron chi connectivity index (χ3n) is 3.55. The molecule has 0 saturated heterocycles. The molecule has 1 aliphatic rings. The van der Waals surface area contributed by atoms with Crippen molar-refractivity contribution in [3.05, 3.63) is 51.9 Å². The summed E-state index contributed by atoms with van der Waals surface area (Å²) < 4.78 is 11.7. The molecule has 2 aromatic rings. The Bertz CT molecular complexity index is 640. The number of hydrogen-bond acceptors (Lipinski definition) is 3. The van der Waals surface area contributed by atoms with E-state index in [1.54, 1.807) is 18.4 Å². The molecule has 0 N–H and O–H groups in total. The Labute approximate surface area is 136 Å². The Morgan fingerprint density at radius 3 is 2.81 bits per heavy atom. The van der Waals surface area contributed by atoms with Crippen molar-refractivity contribution in [3.63, 3.8) is 0 Å². The first-order valence-electron chi connectivity index (χ1n) is 6.94. The zero-order chi connectivity index (χ0) is 14.8. The summed E-state index contributed by atoms with van der Waals surface area (Å²) in [7, 11) is 0. The predicted octanol–water partition coefficient (Wildman–Crippen LogP) is 4.24. The third kappa shape index (κ3) is 3.40. The van der Waals surface area contributed by atoms with Crippen molar-refractivity contribution in [2.24, 2.45) is 0 Å². The van der Waals surface area contributed by atoms with Gasteiger partial charge in [0.15, 0.2) is 3.77 Å². The van der Waals surface area contributed by atoms with Crippen LogP contribution in [0.3, 0.4) is 0 Å². The molecule has 5 heteroatoms. The number of hydrogen-bond donors (Lipinski definition) is 0. The van der Waals surface area contributed by atoms with Gasteiger partial charge in [-0.2, -0.15) is 0 Å². The van der Waals surface area contributed by atoms with E-state index in [-0.39, 0.29) is 11.9 Å². The topological polar surface area (TPSA) is 46.6 Å². The van der Waals surface area contributed by atoms with Gasteiger partial charge < -0.3 is 13.7 Å². The Hall–Kier alpha value is -1.50. The molecule has 4 nitrogen and oxygen atoms in total. The maximum absolute atomic E-state index is 12.5. The summed E-state index contributed by atoms with van der Waals surface area (Å²) in [5, 5.41) is 0. The summed E-state index contributed by atoms with van der Waals surface area (Å²) in [6.45, 7) is 2.00. The molecule has 1 fully saturated rings. The number of halogens is 1. The highest BCUT2D eigenvalue weighted by atomic mass is 127. The maximum Gasteiger partial charge on any atom is 0.247 e. The Morgan fingerprint density at radius 1 is 1.43 bits per heavy atom. The van der Waals surface area contributed by atoms with Crippen LogP contribution in [0.4, 0.5) is 0 Å². The number of nitrogens with zero attached hydrogens (tertiary/aromatic N) is 1. The molecule has 110 valence electrons. The zero-order valence-electron chi connectivity index (χ0n) is 11.7. The third-order valence-corrected chi connectivity index (χ3v) is 4.13. The fourth-order valence-corrected chi connectivity index (χ4v) is 2.80. The van der Waals surface area contributed by atoms with Crippen LogP contribution in [0.1, 0.15) is 37.3 Å². The summed E-state index contributed by atoms with van der Waals surface area (Å²) in [5.74, 6) is 1.50. The molecule has 2 heterocycles. The van der Waals surface area contributed by atoms with Gasteiger partial charge in [-0.05, 0) is 72.7 Å². The lowest BCUT2D eigenvalue weighted by molar-refractivity contribution is -0.129. The molecule has 1 unspecified atom stereocenters. The van der Waals surface area contributed by atoms with E-state index >= 15 is 0 Å². The second kappa shape index (κ2) is 6.09. The van der Waals surface area contributed by atoms with Crippen LogP contribution in [0.5, 0.6) is 0 Å². The monoisotopic (exact) mass is 397 g/mol. The first kappa shape index (κ1) is 14.4. The van der Waals surface area contributed by atoms with Crippen LogP contribution in [0.25, 0.3) is 6.08 Å². The molecular weight excluding hydrogens is 381 g/mol. The SMILES string of the molecule is CC(c1ccco1)N(C(=O)C=Cc1ccc(I)o1)C1CC1. The van der Waals surface area contributed by atoms with Gasteiger partial charge in [0, 0.05) is 12.1 Å². The summed E-state index contributed by atoms with van der Waals surface area (Å²) in [5.41, 5.74) is 0. The molecule has 0 radical (unpaired) electrons. The number of amides is 1. The van der Waals surface area contributed by atoms with Gasteiger partial charge in [-0.1, -0.05) is 0 Å². The Kier molecular flexibility index (Phi) is 4.19. The van der Waals surface area contributed by atoms with Crippen molar-refractivity contribution >= 4 is 34.6 Å². The average Bonchev–Trinajstić information content (AvgIpc) is 2.99. The van der Waals surface area contributed by atoms with Crippen molar-refractivity contribution in [2.75, 3.05) is 0 Å². The van der Waals surface area contributed by atoms with Crippen LogP contribution in [-0.4, -0.2) is 16.8 Å². The molecule has 1 aliphatic carbocycles. The lowest BCUT2D eigenvalue weighted by Gasteiger charge is -2.26. The first-order chi connectivity index (χ1) is 10.1. The highest BCUT2D eigenvalue weighted by Crippen LogP contribution is 2.34. The number of carbonyl (C=O) groups is 1. The molecule has 0 spiro atoms. The Morgan fingerprint density at radius 2 is 2.24 bits per heavy atom. The number of carbonyl (C=O) groups excluding carboxylic acids is 1. The van der Waals surface area contributed by atoms with Gasteiger partial charge in [0.05, 0.1) is 12.3 Å². The van der Waals surface area contributed by atoms with Crippen molar-refractivity contribution in [3.8, 4) is 0 Å². The molecule has 3 rings (SSSR count). The van der Waals surface area contributed by atoms with Gasteiger partial charge >= 0.3 is 0 Å². The minimum atomic E-state index is -0.0543. The van der Waals surface area contributed by atoms with E-state index in [0.717, 1.165) is 22.4 Å². The van der Waals surface area contributed by atoms with Crippen LogP contribution < -0.4 is 0 Å². The average molecular weight is 397 g/mol. The van der Waals surface area contributed by atoms with Gasteiger partial charge in [-0.25, -0.2) is 0 Å². The molecule has 1 atom stereocenters. The molecule has 2 aromatic heterocycles. The quantitative estimate of drug-likeness (QED) is 0.560. The molecule has 21 heavy (non-hydrogen) atoms. The normalized spacial score (nSPS) is 16.3. The smallest absolute Gasteiger partial charge is 0.247 e. The molecular formula is C16H16INO3. The van der Waals surface area contributed by atoms with E-state index < -0.39 is 0 Å². The van der Waals surface area contributed by atoms with Crippen LogP contribution in [-0.2, 0) is 4.79 Å². The second-order valence-corrected chi connectivity index (χ2v) is 6.21. The number of furan rings is 2. The van der Waals surface area contributed by atoms with Gasteiger partial charge in [0.25, 0.3) is 0 Å². The predicted molar refractivity (Wildman–Crippen MR) is 87.5 cm³/mol. The van der Waals surface area contributed by atoms with E-state index in [2.05, 4.69) is 22.6 Å². The van der Waals surface area contributed by atoms with Crippen LogP contribution in [0.15, 0.2) is 45.4 Å². The van der Waals surface area contributed by atoms with E-state index in [4.69, 9.17) is 8.83 Å². The summed E-state index contributed by atoms with van der Waals surface area (Å²) >= 11 is 2.10. The highest BCUT2D eigenvalue weighted by Gasteiger charge is 2.36. The van der Waals surface area contributed by atoms with Crippen molar-refractivity contribution < 1.29 is 13.6 Å². The van der Waals surface area contributed by atoms with Gasteiger partial charge in [0.1, 0.15) is 11.5 Å². The molecule has 1 amide bonds. The fourth-order valence-electron chi connectivity index (χ4n) is 2.36. The van der Waals surface area contributed by atoms with E-state index in [1.165, 1.54) is 0 Å². The maximum atomic E-state index is 12.5. The zero-order valence-corrected chi connectivity index (χ0v) is 13.8. The summed E-state index contributed by atoms with van der Waals surface area (Å²) in [6, 6.07) is 7.74. The standard InChI is InChI=1S/C16H16INO3/c1-11(14-3-2-10-20-14)18(12-4-5-12)16(19)9-7-13-6-8-15(17)21-13/h2-3,6-12H,4-5H2,1H3. The lowest BCUT2D eigenvalue weighted by Crippen LogP contribution is -2.34. The molecule has 1 saturated carbocycles. The second-order valence-electron chi connectivity index (χ2n) is 5.14. The van der Waals surface area contributed by atoms with E-state index in [1.807, 2.05) is 36.1 Å².